The monoisotopic (exact) mass is 343 g/mol. The number of rotatable bonds is 5. The molecule has 0 aliphatic heterocycles. The van der Waals surface area contributed by atoms with E-state index in [1.54, 1.807) is 6.92 Å². The molecule has 0 heterocycles. The first kappa shape index (κ1) is 19.0. The molecule has 0 aromatic heterocycles. The largest absolute Gasteiger partial charge is 0.481 e. The molecule has 25 heavy (non-hydrogen) atoms. The predicted molar refractivity (Wildman–Crippen MR) is 98.2 cm³/mol. The van der Waals surface area contributed by atoms with Gasteiger partial charge >= 0.3 is 0 Å². The molecule has 0 radical (unpaired) electrons. The predicted octanol–water partition coefficient (Wildman–Crippen LogP) is 4.77. The van der Waals surface area contributed by atoms with Crippen molar-refractivity contribution in [2.24, 2.45) is 0 Å². The first-order valence-corrected chi connectivity index (χ1v) is 8.50. The average molecular weight is 343 g/mol. The van der Waals surface area contributed by atoms with E-state index in [-0.39, 0.29) is 23.2 Å². The van der Waals surface area contributed by atoms with Crippen LogP contribution >= 0.6 is 0 Å². The van der Waals surface area contributed by atoms with Crippen molar-refractivity contribution in [1.82, 2.24) is 5.32 Å². The average Bonchev–Trinajstić information content (AvgIpc) is 2.56. The minimum Gasteiger partial charge on any atom is -0.481 e. The third kappa shape index (κ3) is 5.31. The fourth-order valence-electron chi connectivity index (χ4n) is 2.46. The first-order chi connectivity index (χ1) is 11.7. The fourth-order valence-corrected chi connectivity index (χ4v) is 2.46. The molecule has 0 saturated carbocycles. The summed E-state index contributed by atoms with van der Waals surface area (Å²) in [5.74, 6) is -0.0836. The summed E-state index contributed by atoms with van der Waals surface area (Å²) in [6, 6.07) is 13.8. The molecule has 4 heteroatoms. The van der Waals surface area contributed by atoms with Crippen LogP contribution in [0.3, 0.4) is 0 Å². The summed E-state index contributed by atoms with van der Waals surface area (Å²) >= 11 is 0. The molecule has 1 N–H and O–H groups in total. The van der Waals surface area contributed by atoms with E-state index in [9.17, 15) is 9.18 Å². The molecule has 134 valence electrons. The van der Waals surface area contributed by atoms with Gasteiger partial charge in [-0.3, -0.25) is 4.79 Å². The normalized spacial score (nSPS) is 13.8. The highest BCUT2D eigenvalue weighted by atomic mass is 19.1. The van der Waals surface area contributed by atoms with Gasteiger partial charge in [0.25, 0.3) is 5.91 Å². The van der Waals surface area contributed by atoms with Crippen molar-refractivity contribution in [1.29, 1.82) is 0 Å². The maximum atomic E-state index is 12.9. The van der Waals surface area contributed by atoms with E-state index in [2.05, 4.69) is 38.2 Å². The fraction of sp³-hybridized carbons (Fsp3) is 0.381. The highest BCUT2D eigenvalue weighted by Crippen LogP contribution is 2.24. The molecular formula is C21H26FNO2. The third-order valence-electron chi connectivity index (χ3n) is 4.13. The van der Waals surface area contributed by atoms with Crippen LogP contribution in [-0.4, -0.2) is 12.0 Å². The van der Waals surface area contributed by atoms with Crippen LogP contribution in [0.1, 0.15) is 51.8 Å². The van der Waals surface area contributed by atoms with Crippen molar-refractivity contribution in [3.8, 4) is 5.75 Å². The van der Waals surface area contributed by atoms with Crippen molar-refractivity contribution in [2.75, 3.05) is 0 Å². The molecule has 0 saturated heterocycles. The van der Waals surface area contributed by atoms with E-state index in [0.717, 1.165) is 5.56 Å². The lowest BCUT2D eigenvalue weighted by atomic mass is 9.86. The van der Waals surface area contributed by atoms with Gasteiger partial charge in [0.15, 0.2) is 6.10 Å². The molecule has 2 aromatic rings. The Labute approximate surface area is 149 Å². The molecule has 2 aromatic carbocycles. The minimum absolute atomic E-state index is 0.0997. The van der Waals surface area contributed by atoms with Crippen LogP contribution in [-0.2, 0) is 10.2 Å². The van der Waals surface area contributed by atoms with Gasteiger partial charge in [-0.25, -0.2) is 4.39 Å². The van der Waals surface area contributed by atoms with Gasteiger partial charge < -0.3 is 10.1 Å². The van der Waals surface area contributed by atoms with E-state index >= 15 is 0 Å². The van der Waals surface area contributed by atoms with Gasteiger partial charge in [0.05, 0.1) is 6.04 Å². The molecule has 0 fully saturated rings. The number of benzene rings is 2. The number of hydrogen-bond acceptors (Lipinski definition) is 2. The SMILES string of the molecule is C[C@H](NC(=O)[C@@H](C)Oc1ccc(F)cc1)c1ccc(C(C)(C)C)cc1. The minimum atomic E-state index is -0.665. The summed E-state index contributed by atoms with van der Waals surface area (Å²) in [6.45, 7) is 10.1. The topological polar surface area (TPSA) is 38.3 Å². The Morgan fingerprint density at radius 2 is 1.56 bits per heavy atom. The second-order valence-electron chi connectivity index (χ2n) is 7.32. The molecule has 0 spiro atoms. The number of nitrogens with one attached hydrogen (secondary N) is 1. The van der Waals surface area contributed by atoms with Crippen LogP contribution in [0.15, 0.2) is 48.5 Å². The highest BCUT2D eigenvalue weighted by molar-refractivity contribution is 5.81. The molecule has 2 rings (SSSR count). The highest BCUT2D eigenvalue weighted by Gasteiger charge is 2.19. The van der Waals surface area contributed by atoms with Gasteiger partial charge in [0.2, 0.25) is 0 Å². The summed E-state index contributed by atoms with van der Waals surface area (Å²) < 4.78 is 18.5. The third-order valence-corrected chi connectivity index (χ3v) is 4.13. The Morgan fingerprint density at radius 3 is 2.08 bits per heavy atom. The van der Waals surface area contributed by atoms with E-state index < -0.39 is 6.10 Å². The first-order valence-electron chi connectivity index (χ1n) is 8.50. The summed E-state index contributed by atoms with van der Waals surface area (Å²) in [4.78, 5) is 12.3. The van der Waals surface area contributed by atoms with Crippen molar-refractivity contribution >= 4 is 5.91 Å². The van der Waals surface area contributed by atoms with E-state index in [4.69, 9.17) is 4.74 Å². The zero-order chi connectivity index (χ0) is 18.6. The van der Waals surface area contributed by atoms with Crippen molar-refractivity contribution < 1.29 is 13.9 Å². The summed E-state index contributed by atoms with van der Waals surface area (Å²) in [6.07, 6.45) is -0.665. The summed E-state index contributed by atoms with van der Waals surface area (Å²) in [5.41, 5.74) is 2.39. The maximum Gasteiger partial charge on any atom is 0.261 e. The van der Waals surface area contributed by atoms with Gasteiger partial charge in [0.1, 0.15) is 11.6 Å². The number of ether oxygens (including phenoxy) is 1. The van der Waals surface area contributed by atoms with Crippen molar-refractivity contribution in [3.63, 3.8) is 0 Å². The van der Waals surface area contributed by atoms with Crippen LogP contribution in [0.25, 0.3) is 0 Å². The molecule has 3 nitrogen and oxygen atoms in total. The zero-order valence-electron chi connectivity index (χ0n) is 15.5. The lowest BCUT2D eigenvalue weighted by molar-refractivity contribution is -0.127. The summed E-state index contributed by atoms with van der Waals surface area (Å²) in [5, 5.41) is 2.95. The Bertz CT molecular complexity index is 702. The van der Waals surface area contributed by atoms with Crippen molar-refractivity contribution in [2.45, 2.75) is 52.2 Å². The molecule has 0 aliphatic carbocycles. The van der Waals surface area contributed by atoms with Crippen LogP contribution in [0.2, 0.25) is 0 Å². The van der Waals surface area contributed by atoms with E-state index in [1.165, 1.54) is 29.8 Å². The molecule has 0 unspecified atom stereocenters. The smallest absolute Gasteiger partial charge is 0.261 e. The Morgan fingerprint density at radius 1 is 1.00 bits per heavy atom. The molecule has 0 bridgehead atoms. The van der Waals surface area contributed by atoms with Gasteiger partial charge in [-0.1, -0.05) is 45.0 Å². The quantitative estimate of drug-likeness (QED) is 0.849. The van der Waals surface area contributed by atoms with E-state index in [0.29, 0.717) is 5.75 Å². The molecule has 2 atom stereocenters. The van der Waals surface area contributed by atoms with Gasteiger partial charge in [0, 0.05) is 0 Å². The standard InChI is InChI=1S/C21H26FNO2/c1-14(16-6-8-17(9-7-16)21(3,4)5)23-20(24)15(2)25-19-12-10-18(22)11-13-19/h6-15H,1-5H3,(H,23,24)/t14-,15+/m0/s1. The number of carbonyl (C=O) groups excluding carboxylic acids is 1. The maximum absolute atomic E-state index is 12.9. The van der Waals surface area contributed by atoms with Crippen LogP contribution in [0.4, 0.5) is 4.39 Å². The number of amides is 1. The van der Waals surface area contributed by atoms with Crippen LogP contribution in [0.5, 0.6) is 5.75 Å². The van der Waals surface area contributed by atoms with Crippen LogP contribution < -0.4 is 10.1 Å². The van der Waals surface area contributed by atoms with Gasteiger partial charge in [-0.15, -0.1) is 0 Å². The Hall–Kier alpha value is -2.36. The second kappa shape index (κ2) is 7.68. The van der Waals surface area contributed by atoms with Crippen molar-refractivity contribution in [3.05, 3.63) is 65.5 Å². The summed E-state index contributed by atoms with van der Waals surface area (Å²) in [7, 11) is 0. The van der Waals surface area contributed by atoms with Crippen LogP contribution in [0, 0.1) is 5.82 Å². The number of hydrogen-bond donors (Lipinski definition) is 1. The number of halogens is 1. The van der Waals surface area contributed by atoms with Gasteiger partial charge in [-0.2, -0.15) is 0 Å². The Balaban J connectivity index is 1.95. The lowest BCUT2D eigenvalue weighted by Gasteiger charge is -2.22. The number of carbonyl (C=O) groups is 1. The molecule has 1 amide bonds. The molecular weight excluding hydrogens is 317 g/mol. The van der Waals surface area contributed by atoms with Gasteiger partial charge in [-0.05, 0) is 54.7 Å². The second-order valence-corrected chi connectivity index (χ2v) is 7.32. The lowest BCUT2D eigenvalue weighted by Crippen LogP contribution is -2.37. The zero-order valence-corrected chi connectivity index (χ0v) is 15.5. The van der Waals surface area contributed by atoms with E-state index in [1.807, 2.05) is 19.1 Å². The molecule has 0 aliphatic rings. The Kier molecular flexibility index (Phi) is 5.83.